The Bertz CT molecular complexity index is 479. The van der Waals surface area contributed by atoms with Gasteiger partial charge in [0.2, 0.25) is 5.91 Å². The van der Waals surface area contributed by atoms with Crippen molar-refractivity contribution < 1.29 is 14.7 Å². The van der Waals surface area contributed by atoms with Gasteiger partial charge in [0.05, 0.1) is 0 Å². The molecule has 0 saturated carbocycles. The van der Waals surface area contributed by atoms with Gasteiger partial charge in [0.25, 0.3) is 0 Å². The fraction of sp³-hybridized carbons (Fsp3) is 0.875. The Morgan fingerprint density at radius 2 is 1.74 bits per heavy atom. The Kier molecular flexibility index (Phi) is 4.49. The highest BCUT2D eigenvalue weighted by molar-refractivity contribution is 5.85. The van der Waals surface area contributed by atoms with Gasteiger partial charge in [-0.1, -0.05) is 0 Å². The third-order valence-electron chi connectivity index (χ3n) is 6.50. The smallest absolute Gasteiger partial charge is 0.407 e. The van der Waals surface area contributed by atoms with Crippen LogP contribution in [-0.2, 0) is 4.79 Å². The van der Waals surface area contributed by atoms with Crippen molar-refractivity contribution in [2.75, 3.05) is 19.6 Å². The number of hydrogen-bond donors (Lipinski definition) is 2. The van der Waals surface area contributed by atoms with E-state index >= 15 is 0 Å². The van der Waals surface area contributed by atoms with Crippen LogP contribution in [0.25, 0.3) is 0 Å². The first-order chi connectivity index (χ1) is 10.6. The van der Waals surface area contributed by atoms with Gasteiger partial charge in [-0.2, -0.15) is 0 Å². The van der Waals surface area contributed by atoms with Crippen LogP contribution in [0.2, 0.25) is 0 Å². The number of halogens is 1. The maximum absolute atomic E-state index is 11.5. The second-order valence-electron chi connectivity index (χ2n) is 7.69. The van der Waals surface area contributed by atoms with Crippen LogP contribution in [-0.4, -0.2) is 64.7 Å². The van der Waals surface area contributed by atoms with Gasteiger partial charge >= 0.3 is 6.09 Å². The molecule has 4 fully saturated rings. The molecule has 0 aromatic carbocycles. The topological polar surface area (TPSA) is 72.9 Å². The third-order valence-corrected chi connectivity index (χ3v) is 6.50. The average molecular weight is 344 g/mol. The highest BCUT2D eigenvalue weighted by Gasteiger charge is 2.47. The molecule has 0 radical (unpaired) electrons. The summed E-state index contributed by atoms with van der Waals surface area (Å²) < 4.78 is 0. The van der Waals surface area contributed by atoms with Crippen LogP contribution >= 0.6 is 12.4 Å². The van der Waals surface area contributed by atoms with E-state index in [0.29, 0.717) is 12.5 Å². The predicted molar refractivity (Wildman–Crippen MR) is 87.8 cm³/mol. The van der Waals surface area contributed by atoms with E-state index in [1.807, 2.05) is 0 Å². The number of carboxylic acid groups (broad SMARTS) is 1. The van der Waals surface area contributed by atoms with Crippen LogP contribution < -0.4 is 5.32 Å². The molecular formula is C16H26ClN3O3. The number of hydrogen-bond acceptors (Lipinski definition) is 3. The zero-order chi connectivity index (χ0) is 15.3. The van der Waals surface area contributed by atoms with Crippen LogP contribution in [0.5, 0.6) is 0 Å². The minimum Gasteiger partial charge on any atom is -0.465 e. The molecule has 0 aromatic heterocycles. The Hall–Kier alpha value is -1.01. The van der Waals surface area contributed by atoms with Gasteiger partial charge in [0.1, 0.15) is 0 Å². The minimum atomic E-state index is -0.737. The molecule has 2 N–H and O–H groups in total. The Balaban J connectivity index is 0.00000156. The third kappa shape index (κ3) is 2.91. The zero-order valence-electron chi connectivity index (χ0n) is 13.4. The SMILES string of the molecule is Cl.O=C1CC2(CCN([C@H]3C[C@H]4CC[C@@H](C3)N4C(=O)O)CC2)CN1. The molecule has 4 aliphatic rings. The fourth-order valence-corrected chi connectivity index (χ4v) is 5.23. The number of fused-ring (bicyclic) bond motifs is 2. The molecule has 4 rings (SSSR count). The number of piperidine rings is 2. The number of nitrogens with zero attached hydrogens (tertiary/aromatic N) is 2. The van der Waals surface area contributed by atoms with Crippen molar-refractivity contribution in [3.8, 4) is 0 Å². The molecule has 2 amide bonds. The van der Waals surface area contributed by atoms with E-state index < -0.39 is 6.09 Å². The average Bonchev–Trinajstić information content (AvgIpc) is 2.98. The Morgan fingerprint density at radius 3 is 2.22 bits per heavy atom. The number of likely N-dealkylation sites (tertiary alicyclic amines) is 1. The van der Waals surface area contributed by atoms with E-state index in [1.54, 1.807) is 4.90 Å². The highest BCUT2D eigenvalue weighted by Crippen LogP contribution is 2.42. The van der Waals surface area contributed by atoms with E-state index in [1.165, 1.54) is 0 Å². The lowest BCUT2D eigenvalue weighted by Gasteiger charge is -2.46. The van der Waals surface area contributed by atoms with Crippen LogP contribution in [0, 0.1) is 5.41 Å². The lowest BCUT2D eigenvalue weighted by atomic mass is 9.77. The van der Waals surface area contributed by atoms with Crippen LogP contribution in [0.3, 0.4) is 0 Å². The molecule has 7 heteroatoms. The summed E-state index contributed by atoms with van der Waals surface area (Å²) in [6.45, 7) is 2.97. The minimum absolute atomic E-state index is 0. The molecule has 0 aromatic rings. The standard InChI is InChI=1S/C16H25N3O3.ClH/c20-14-9-16(10-17-14)3-5-18(6-4-16)13-7-11-1-2-12(8-13)19(11)15(21)22;/h11-13H,1-10H2,(H,17,20)(H,21,22);1H/t11-,12+,13+;. The Morgan fingerprint density at radius 1 is 1.13 bits per heavy atom. The number of rotatable bonds is 1. The quantitative estimate of drug-likeness (QED) is 0.760. The van der Waals surface area contributed by atoms with E-state index in [0.717, 1.165) is 58.2 Å². The summed E-state index contributed by atoms with van der Waals surface area (Å²) in [6.07, 6.45) is 6.20. The summed E-state index contributed by atoms with van der Waals surface area (Å²) in [5.41, 5.74) is 0.203. The summed E-state index contributed by atoms with van der Waals surface area (Å²) >= 11 is 0. The lowest BCUT2D eigenvalue weighted by molar-refractivity contribution is -0.119. The van der Waals surface area contributed by atoms with Crippen molar-refractivity contribution in [3.63, 3.8) is 0 Å². The maximum atomic E-state index is 11.5. The van der Waals surface area contributed by atoms with E-state index in [-0.39, 0.29) is 35.8 Å². The number of carbonyl (C=O) groups excluding carboxylic acids is 1. The molecule has 130 valence electrons. The monoisotopic (exact) mass is 343 g/mol. The first-order valence-corrected chi connectivity index (χ1v) is 8.58. The summed E-state index contributed by atoms with van der Waals surface area (Å²) in [6, 6.07) is 0.995. The number of nitrogens with one attached hydrogen (secondary N) is 1. The largest absolute Gasteiger partial charge is 0.465 e. The van der Waals surface area contributed by atoms with Gasteiger partial charge in [-0.25, -0.2) is 4.79 Å². The van der Waals surface area contributed by atoms with Crippen LogP contribution in [0.15, 0.2) is 0 Å². The van der Waals surface area contributed by atoms with E-state index in [4.69, 9.17) is 0 Å². The summed E-state index contributed by atoms with van der Waals surface area (Å²) in [5.74, 6) is 0.210. The lowest BCUT2D eigenvalue weighted by Crippen LogP contribution is -2.54. The van der Waals surface area contributed by atoms with Gasteiger partial charge in [-0.15, -0.1) is 12.4 Å². The second kappa shape index (κ2) is 6.13. The summed E-state index contributed by atoms with van der Waals surface area (Å²) in [7, 11) is 0. The maximum Gasteiger partial charge on any atom is 0.407 e. The van der Waals surface area contributed by atoms with E-state index in [9.17, 15) is 14.7 Å². The Labute approximate surface area is 143 Å². The van der Waals surface area contributed by atoms with Gasteiger partial charge in [0, 0.05) is 31.1 Å². The first kappa shape index (κ1) is 16.8. The molecular weight excluding hydrogens is 318 g/mol. The normalized spacial score (nSPS) is 35.9. The molecule has 1 spiro atoms. The van der Waals surface area contributed by atoms with E-state index in [2.05, 4.69) is 10.2 Å². The first-order valence-electron chi connectivity index (χ1n) is 8.58. The fourth-order valence-electron chi connectivity index (χ4n) is 5.23. The molecule has 3 atom stereocenters. The second-order valence-corrected chi connectivity index (χ2v) is 7.69. The van der Waals surface area contributed by atoms with Crippen molar-refractivity contribution in [1.82, 2.24) is 15.1 Å². The van der Waals surface area contributed by atoms with Gasteiger partial charge < -0.3 is 20.2 Å². The van der Waals surface area contributed by atoms with Crippen molar-refractivity contribution in [2.24, 2.45) is 5.41 Å². The molecule has 4 aliphatic heterocycles. The van der Waals surface area contributed by atoms with Crippen molar-refractivity contribution in [3.05, 3.63) is 0 Å². The van der Waals surface area contributed by atoms with Crippen LogP contribution in [0.4, 0.5) is 4.79 Å². The van der Waals surface area contributed by atoms with Gasteiger partial charge in [0.15, 0.2) is 0 Å². The number of amides is 2. The molecule has 4 heterocycles. The molecule has 4 saturated heterocycles. The van der Waals surface area contributed by atoms with Gasteiger partial charge in [-0.3, -0.25) is 4.79 Å². The molecule has 0 unspecified atom stereocenters. The molecule has 23 heavy (non-hydrogen) atoms. The molecule has 2 bridgehead atoms. The van der Waals surface area contributed by atoms with Crippen molar-refractivity contribution >= 4 is 24.4 Å². The predicted octanol–water partition coefficient (Wildman–Crippen LogP) is 1.68. The summed E-state index contributed by atoms with van der Waals surface area (Å²) in [4.78, 5) is 27.2. The number of carbonyl (C=O) groups is 2. The van der Waals surface area contributed by atoms with Crippen LogP contribution in [0.1, 0.15) is 44.9 Å². The van der Waals surface area contributed by atoms with Crippen molar-refractivity contribution in [1.29, 1.82) is 0 Å². The highest BCUT2D eigenvalue weighted by atomic mass is 35.5. The molecule has 0 aliphatic carbocycles. The zero-order valence-corrected chi connectivity index (χ0v) is 14.2. The van der Waals surface area contributed by atoms with Crippen molar-refractivity contribution in [2.45, 2.75) is 63.1 Å². The molecule has 6 nitrogen and oxygen atoms in total. The van der Waals surface area contributed by atoms with Gasteiger partial charge in [-0.05, 0) is 57.0 Å². The summed E-state index contributed by atoms with van der Waals surface area (Å²) in [5, 5.41) is 12.3.